The summed E-state index contributed by atoms with van der Waals surface area (Å²) in [5.41, 5.74) is 7.18. The van der Waals surface area contributed by atoms with Crippen LogP contribution < -0.4 is 10.5 Å². The normalized spacial score (nSPS) is 14.2. The fourth-order valence-corrected chi connectivity index (χ4v) is 2.58. The summed E-state index contributed by atoms with van der Waals surface area (Å²) in [6.45, 7) is 7.20. The molecule has 0 bridgehead atoms. The lowest BCUT2D eigenvalue weighted by molar-refractivity contribution is 0.251. The van der Waals surface area contributed by atoms with Gasteiger partial charge in [0.05, 0.1) is 6.61 Å². The molecule has 0 amide bonds. The zero-order valence-electron chi connectivity index (χ0n) is 12.7. The van der Waals surface area contributed by atoms with Crippen molar-refractivity contribution in [2.75, 3.05) is 6.61 Å². The van der Waals surface area contributed by atoms with Gasteiger partial charge in [-0.05, 0) is 24.6 Å². The van der Waals surface area contributed by atoms with Gasteiger partial charge in [0, 0.05) is 17.0 Å². The Labute approximate surface area is 121 Å². The summed E-state index contributed by atoms with van der Waals surface area (Å²) in [7, 11) is 0. The first-order chi connectivity index (χ1) is 9.63. The Bertz CT molecular complexity index is 562. The molecule has 2 rings (SSSR count). The van der Waals surface area contributed by atoms with Gasteiger partial charge in [0.25, 0.3) is 0 Å². The van der Waals surface area contributed by atoms with Crippen LogP contribution in [0, 0.1) is 5.92 Å². The highest BCUT2D eigenvalue weighted by molar-refractivity contribution is 5.89. The Hall–Kier alpha value is -1.54. The zero-order valence-corrected chi connectivity index (χ0v) is 12.7. The van der Waals surface area contributed by atoms with Crippen molar-refractivity contribution in [1.82, 2.24) is 0 Å². The average Bonchev–Trinajstić information content (AvgIpc) is 2.44. The molecule has 0 saturated carbocycles. The number of nitrogens with two attached hydrogens (primary N) is 1. The second kappa shape index (κ2) is 6.76. The lowest BCUT2D eigenvalue weighted by atomic mass is 10.0. The van der Waals surface area contributed by atoms with E-state index in [0.29, 0.717) is 5.92 Å². The number of rotatable bonds is 6. The van der Waals surface area contributed by atoms with Crippen LogP contribution in [-0.2, 0) is 0 Å². The molecular weight excluding hydrogens is 246 g/mol. The lowest BCUT2D eigenvalue weighted by Crippen LogP contribution is -2.12. The third-order valence-corrected chi connectivity index (χ3v) is 3.69. The van der Waals surface area contributed by atoms with Crippen LogP contribution in [0.1, 0.15) is 45.2 Å². The van der Waals surface area contributed by atoms with E-state index in [4.69, 9.17) is 10.5 Å². The van der Waals surface area contributed by atoms with Crippen LogP contribution in [-0.4, -0.2) is 6.61 Å². The molecule has 2 nitrogen and oxygen atoms in total. The summed E-state index contributed by atoms with van der Waals surface area (Å²) < 4.78 is 6.15. The molecule has 0 aliphatic rings. The highest BCUT2D eigenvalue weighted by Crippen LogP contribution is 2.33. The molecule has 2 heteroatoms. The molecule has 0 spiro atoms. The summed E-state index contributed by atoms with van der Waals surface area (Å²) in [6, 6.07) is 12.5. The Kier molecular flexibility index (Phi) is 5.02. The zero-order chi connectivity index (χ0) is 14.5. The molecule has 0 saturated heterocycles. The molecule has 108 valence electrons. The van der Waals surface area contributed by atoms with Crippen LogP contribution in [0.15, 0.2) is 36.4 Å². The number of benzene rings is 2. The Morgan fingerprint density at radius 1 is 1.10 bits per heavy atom. The summed E-state index contributed by atoms with van der Waals surface area (Å²) in [6.07, 6.45) is 2.39. The first-order valence-electron chi connectivity index (χ1n) is 7.53. The van der Waals surface area contributed by atoms with Gasteiger partial charge in [0.15, 0.2) is 0 Å². The predicted molar refractivity (Wildman–Crippen MR) is 86.1 cm³/mol. The van der Waals surface area contributed by atoms with E-state index in [0.717, 1.165) is 23.3 Å². The van der Waals surface area contributed by atoms with Gasteiger partial charge >= 0.3 is 0 Å². The minimum Gasteiger partial charge on any atom is -0.492 e. The third kappa shape index (κ3) is 3.31. The van der Waals surface area contributed by atoms with Crippen molar-refractivity contribution in [3.63, 3.8) is 0 Å². The monoisotopic (exact) mass is 271 g/mol. The number of hydrogen-bond acceptors (Lipinski definition) is 2. The fraction of sp³-hybridized carbons (Fsp3) is 0.444. The van der Waals surface area contributed by atoms with Gasteiger partial charge in [-0.2, -0.15) is 0 Å². The van der Waals surface area contributed by atoms with Crippen molar-refractivity contribution in [3.05, 3.63) is 42.0 Å². The van der Waals surface area contributed by atoms with E-state index in [-0.39, 0.29) is 6.04 Å². The maximum Gasteiger partial charge on any atom is 0.131 e. The van der Waals surface area contributed by atoms with Crippen molar-refractivity contribution in [2.24, 2.45) is 11.7 Å². The fourth-order valence-electron chi connectivity index (χ4n) is 2.58. The summed E-state index contributed by atoms with van der Waals surface area (Å²) in [5.74, 6) is 1.53. The van der Waals surface area contributed by atoms with Crippen molar-refractivity contribution < 1.29 is 4.74 Å². The summed E-state index contributed by atoms with van der Waals surface area (Å²) >= 11 is 0. The Morgan fingerprint density at radius 3 is 2.55 bits per heavy atom. The minimum absolute atomic E-state index is 0.0175. The SMILES string of the molecule is CCCC(C)COc1c(C(C)N)ccc2ccccc12. The summed E-state index contributed by atoms with van der Waals surface area (Å²) in [4.78, 5) is 0. The number of fused-ring (bicyclic) bond motifs is 1. The molecule has 2 aromatic carbocycles. The molecular formula is C18H25NO. The van der Waals surface area contributed by atoms with E-state index in [1.54, 1.807) is 0 Å². The van der Waals surface area contributed by atoms with E-state index in [1.165, 1.54) is 18.2 Å². The molecule has 0 fully saturated rings. The van der Waals surface area contributed by atoms with E-state index in [9.17, 15) is 0 Å². The Balaban J connectivity index is 2.34. The number of ether oxygens (including phenoxy) is 1. The molecule has 2 unspecified atom stereocenters. The van der Waals surface area contributed by atoms with Crippen molar-refractivity contribution in [2.45, 2.75) is 39.7 Å². The van der Waals surface area contributed by atoms with Crippen LogP contribution in [0.2, 0.25) is 0 Å². The summed E-state index contributed by atoms with van der Waals surface area (Å²) in [5, 5.41) is 2.36. The van der Waals surface area contributed by atoms with Crippen LogP contribution in [0.4, 0.5) is 0 Å². The molecule has 20 heavy (non-hydrogen) atoms. The van der Waals surface area contributed by atoms with E-state index < -0.39 is 0 Å². The second-order valence-electron chi connectivity index (χ2n) is 5.70. The van der Waals surface area contributed by atoms with Crippen LogP contribution in [0.5, 0.6) is 5.75 Å². The van der Waals surface area contributed by atoms with Gasteiger partial charge in [0.1, 0.15) is 5.75 Å². The topological polar surface area (TPSA) is 35.2 Å². The molecule has 0 radical (unpaired) electrons. The molecule has 2 aromatic rings. The molecule has 2 N–H and O–H groups in total. The van der Waals surface area contributed by atoms with E-state index in [2.05, 4.69) is 50.2 Å². The highest BCUT2D eigenvalue weighted by Gasteiger charge is 2.13. The maximum atomic E-state index is 6.15. The molecule has 0 aromatic heterocycles. The molecule has 0 heterocycles. The van der Waals surface area contributed by atoms with E-state index >= 15 is 0 Å². The maximum absolute atomic E-state index is 6.15. The van der Waals surface area contributed by atoms with Crippen molar-refractivity contribution in [3.8, 4) is 5.75 Å². The van der Waals surface area contributed by atoms with Gasteiger partial charge in [-0.15, -0.1) is 0 Å². The van der Waals surface area contributed by atoms with Gasteiger partial charge in [-0.3, -0.25) is 0 Å². The largest absolute Gasteiger partial charge is 0.492 e. The van der Waals surface area contributed by atoms with E-state index in [1.807, 2.05) is 6.92 Å². The van der Waals surface area contributed by atoms with Crippen LogP contribution >= 0.6 is 0 Å². The second-order valence-corrected chi connectivity index (χ2v) is 5.70. The van der Waals surface area contributed by atoms with Crippen molar-refractivity contribution >= 4 is 10.8 Å². The Morgan fingerprint density at radius 2 is 1.85 bits per heavy atom. The van der Waals surface area contributed by atoms with Gasteiger partial charge in [-0.25, -0.2) is 0 Å². The standard InChI is InChI=1S/C18H25NO/c1-4-7-13(2)12-20-18-16(14(3)19)11-10-15-8-5-6-9-17(15)18/h5-6,8-11,13-14H,4,7,12,19H2,1-3H3. The predicted octanol–water partition coefficient (Wildman–Crippen LogP) is 4.67. The first-order valence-corrected chi connectivity index (χ1v) is 7.53. The van der Waals surface area contributed by atoms with Gasteiger partial charge in [-0.1, -0.05) is 56.7 Å². The quantitative estimate of drug-likeness (QED) is 0.828. The van der Waals surface area contributed by atoms with Gasteiger partial charge in [0.2, 0.25) is 0 Å². The lowest BCUT2D eigenvalue weighted by Gasteiger charge is -2.19. The number of hydrogen-bond donors (Lipinski definition) is 1. The smallest absolute Gasteiger partial charge is 0.131 e. The van der Waals surface area contributed by atoms with Crippen LogP contribution in [0.3, 0.4) is 0 Å². The molecule has 0 aliphatic carbocycles. The highest BCUT2D eigenvalue weighted by atomic mass is 16.5. The minimum atomic E-state index is -0.0175. The molecule has 0 aliphatic heterocycles. The first kappa shape index (κ1) is 14.9. The van der Waals surface area contributed by atoms with Crippen molar-refractivity contribution in [1.29, 1.82) is 0 Å². The van der Waals surface area contributed by atoms with Crippen LogP contribution in [0.25, 0.3) is 10.8 Å². The van der Waals surface area contributed by atoms with Gasteiger partial charge < -0.3 is 10.5 Å². The molecule has 2 atom stereocenters. The third-order valence-electron chi connectivity index (χ3n) is 3.69. The average molecular weight is 271 g/mol.